The van der Waals surface area contributed by atoms with Gasteiger partial charge in [0.15, 0.2) is 12.6 Å². The molecular weight excluding hydrogens is 975 g/mol. The molecule has 4 fully saturated rings. The number of amides is 1. The predicted molar refractivity (Wildman–Crippen MR) is 278 cm³/mol. The molecule has 4 heterocycles. The molecule has 1 aromatic carbocycles. The summed E-state index contributed by atoms with van der Waals surface area (Å²) in [6.45, 7) is 21.3. The molecule has 75 heavy (non-hydrogen) atoms. The number of carbonyl (C=O) groups excluding carboxylic acids is 2. The largest absolute Gasteiger partial charge is 0.459 e. The third-order valence-corrected chi connectivity index (χ3v) is 17.0. The lowest BCUT2D eigenvalue weighted by Crippen LogP contribution is -2.64. The van der Waals surface area contributed by atoms with Crippen LogP contribution >= 0.6 is 0 Å². The molecule has 4 saturated heterocycles. The number of primary amides is 1. The number of non-ortho nitro benzene ring substituents is 1. The number of esters is 1. The first-order chi connectivity index (χ1) is 35.0. The van der Waals surface area contributed by atoms with Crippen molar-refractivity contribution in [2.24, 2.45) is 23.0 Å². The van der Waals surface area contributed by atoms with Crippen LogP contribution in [0.25, 0.3) is 0 Å². The van der Waals surface area contributed by atoms with Crippen molar-refractivity contribution in [1.82, 2.24) is 25.8 Å². The molecule has 0 bridgehead atoms. The Kier molecular flexibility index (Phi) is 21.6. The zero-order valence-electron chi connectivity index (χ0n) is 47.3. The lowest BCUT2D eigenvalue weighted by atomic mass is 9.67. The molecule has 0 spiro atoms. The van der Waals surface area contributed by atoms with E-state index in [1.165, 1.54) is 19.1 Å². The van der Waals surface area contributed by atoms with E-state index in [0.29, 0.717) is 38.0 Å². The maximum Gasteiger partial charge on any atom is 0.311 e. The second-order valence-corrected chi connectivity index (χ2v) is 23.3. The third-order valence-electron chi connectivity index (χ3n) is 17.0. The predicted octanol–water partition coefficient (Wildman–Crippen LogP) is 2.79. The van der Waals surface area contributed by atoms with E-state index in [2.05, 4.69) is 15.9 Å². The molecule has 22 heteroatoms. The summed E-state index contributed by atoms with van der Waals surface area (Å²) in [5.74, 6) is -2.57. The van der Waals surface area contributed by atoms with Gasteiger partial charge in [0.05, 0.1) is 46.5 Å². The van der Waals surface area contributed by atoms with Crippen LogP contribution in [0, 0.1) is 27.4 Å². The van der Waals surface area contributed by atoms with Gasteiger partial charge in [0, 0.05) is 69.4 Å². The summed E-state index contributed by atoms with van der Waals surface area (Å²) >= 11 is 0. The third kappa shape index (κ3) is 14.4. The van der Waals surface area contributed by atoms with Crippen LogP contribution in [0.15, 0.2) is 24.3 Å². The number of aliphatic hydroxyl groups is 4. The van der Waals surface area contributed by atoms with Crippen molar-refractivity contribution in [2.75, 3.05) is 47.9 Å². The van der Waals surface area contributed by atoms with Crippen molar-refractivity contribution in [1.29, 1.82) is 0 Å². The van der Waals surface area contributed by atoms with Crippen molar-refractivity contribution in [3.05, 3.63) is 39.9 Å². The summed E-state index contributed by atoms with van der Waals surface area (Å²) in [5, 5.41) is 62.5. The van der Waals surface area contributed by atoms with E-state index in [1.54, 1.807) is 52.1 Å². The first kappa shape index (κ1) is 62.8. The summed E-state index contributed by atoms with van der Waals surface area (Å²) in [7, 11) is 6.95. The highest BCUT2D eigenvalue weighted by molar-refractivity contribution is 5.80. The number of hydrogen-bond acceptors (Lipinski definition) is 20. The molecule has 1 amide bonds. The molecule has 1 unspecified atom stereocenters. The molecule has 4 aliphatic heterocycles. The van der Waals surface area contributed by atoms with Gasteiger partial charge in [-0.1, -0.05) is 46.8 Å². The van der Waals surface area contributed by atoms with Crippen molar-refractivity contribution in [2.45, 2.75) is 223 Å². The van der Waals surface area contributed by atoms with E-state index in [0.717, 1.165) is 0 Å². The summed E-state index contributed by atoms with van der Waals surface area (Å²) in [6.07, 6.45) is -7.48. The average Bonchev–Trinajstić information content (AvgIpc) is 3.82. The van der Waals surface area contributed by atoms with Crippen LogP contribution in [0.3, 0.4) is 0 Å². The minimum absolute atomic E-state index is 0.0494. The van der Waals surface area contributed by atoms with Crippen LogP contribution in [-0.2, 0) is 49.2 Å². The maximum absolute atomic E-state index is 14.8. The number of nitrogens with two attached hydrogens (primary N) is 1. The van der Waals surface area contributed by atoms with Crippen molar-refractivity contribution >= 4 is 17.6 Å². The van der Waals surface area contributed by atoms with E-state index in [9.17, 15) is 40.1 Å². The van der Waals surface area contributed by atoms with Crippen LogP contribution in [0.2, 0.25) is 0 Å². The van der Waals surface area contributed by atoms with E-state index >= 15 is 0 Å². The Morgan fingerprint density at radius 3 is 2.23 bits per heavy atom. The highest BCUT2D eigenvalue weighted by atomic mass is 16.7. The molecule has 1 aromatic rings. The molecule has 430 valence electrons. The number of methoxy groups -OCH3 is 2. The van der Waals surface area contributed by atoms with Crippen LogP contribution in [0.1, 0.15) is 120 Å². The van der Waals surface area contributed by atoms with Gasteiger partial charge in [-0.15, -0.1) is 0 Å². The van der Waals surface area contributed by atoms with E-state index < -0.39 is 124 Å². The number of nitro groups is 1. The van der Waals surface area contributed by atoms with Gasteiger partial charge >= 0.3 is 5.97 Å². The zero-order chi connectivity index (χ0) is 56.1. The Hall–Kier alpha value is -3.04. The smallest absolute Gasteiger partial charge is 0.311 e. The number of likely N-dealkylation sites (N-methyl/N-ethyl adjacent to an activating group) is 2. The minimum atomic E-state index is -1.85. The fourth-order valence-electron chi connectivity index (χ4n) is 12.4. The number of cyclic esters (lactones) is 1. The zero-order valence-corrected chi connectivity index (χ0v) is 47.3. The minimum Gasteiger partial charge on any atom is -0.459 e. The molecule has 19 atom stereocenters. The number of nitro benzene ring substituents is 1. The maximum atomic E-state index is 14.8. The van der Waals surface area contributed by atoms with Gasteiger partial charge in [0.1, 0.15) is 36.1 Å². The molecule has 0 aromatic heterocycles. The summed E-state index contributed by atoms with van der Waals surface area (Å²) in [6, 6.07) is 4.09. The number of hydrazine groups is 2. The lowest BCUT2D eigenvalue weighted by Gasteiger charge is -2.53. The monoisotopic (exact) mass is 1070 g/mol. The summed E-state index contributed by atoms with van der Waals surface area (Å²) in [4.78, 5) is 42.2. The Morgan fingerprint density at radius 2 is 1.65 bits per heavy atom. The van der Waals surface area contributed by atoms with Gasteiger partial charge in [0.25, 0.3) is 5.69 Å². The van der Waals surface area contributed by atoms with E-state index in [-0.39, 0.29) is 49.8 Å². The Morgan fingerprint density at radius 1 is 1.00 bits per heavy atom. The van der Waals surface area contributed by atoms with Crippen LogP contribution in [0.4, 0.5) is 5.69 Å². The molecule has 4 aliphatic rings. The Balaban J connectivity index is 1.47. The SMILES string of the molecule is CC[C@H]1OC(=O)[C@H](C)[C@@H](O[C@H]2C[C@@](C)(OC)[C@@H](OC)[C@H](C)O2)C(C)(C)[C@@H](O[C@@H]2O[C@H](C)C[C@H](N(C)CCC3CN([C@@H](Cc4ccc([N+](=O)[O-])cc4)C(N)=O)NN3)[C@H]2O)[C@@](O)(CC)C[C@@H](C)CN(C)[C@H](C)[C@@H](O)[C@]1(C)O. The topological polar surface area (TPSA) is 283 Å². The second-order valence-electron chi connectivity index (χ2n) is 23.3. The normalized spacial score (nSPS) is 40.4. The first-order valence-corrected chi connectivity index (χ1v) is 26.9. The number of benzene rings is 1. The fraction of sp³-hybridized carbons (Fsp3) is 0.849. The molecular formula is C53H93N7O15. The van der Waals surface area contributed by atoms with Gasteiger partial charge in [-0.2, -0.15) is 5.53 Å². The molecule has 22 nitrogen and oxygen atoms in total. The lowest BCUT2D eigenvalue weighted by molar-refractivity contribution is -0.384. The first-order valence-electron chi connectivity index (χ1n) is 26.9. The van der Waals surface area contributed by atoms with Crippen LogP contribution in [-0.4, -0.2) is 202 Å². The number of ether oxygens (including phenoxy) is 7. The molecule has 5 rings (SSSR count). The number of hydrogen-bond donors (Lipinski definition) is 7. The number of nitrogens with zero attached hydrogens (tertiary/aromatic N) is 4. The molecule has 0 aliphatic carbocycles. The second kappa shape index (κ2) is 25.8. The summed E-state index contributed by atoms with van der Waals surface area (Å²) in [5.41, 5.74) is 7.20. The van der Waals surface area contributed by atoms with Crippen LogP contribution in [0.5, 0.6) is 0 Å². The molecule has 8 N–H and O–H groups in total. The highest BCUT2D eigenvalue weighted by Gasteiger charge is 2.58. The van der Waals surface area contributed by atoms with Gasteiger partial charge < -0.3 is 69.1 Å². The van der Waals surface area contributed by atoms with Gasteiger partial charge in [-0.25, -0.2) is 10.4 Å². The summed E-state index contributed by atoms with van der Waals surface area (Å²) < 4.78 is 45.3. The fourth-order valence-corrected chi connectivity index (χ4v) is 12.4. The van der Waals surface area contributed by atoms with Gasteiger partial charge in [0.2, 0.25) is 5.91 Å². The Bertz CT molecular complexity index is 2020. The molecule has 0 radical (unpaired) electrons. The van der Waals surface area contributed by atoms with Gasteiger partial charge in [-0.3, -0.25) is 19.7 Å². The average molecular weight is 1070 g/mol. The van der Waals surface area contributed by atoms with E-state index in [1.807, 2.05) is 67.5 Å². The number of carbonyl (C=O) groups is 2. The standard InChI is InChI=1S/C53H93N7O15/c1-16-40-52(11,65)43(62)33(6)58(13)28-30(3)26-53(66,17-2)49(50(8,9)44(32(5)47(64)73-40)74-41-27-51(10,70-15)45(69-14)34(7)72-41)75-48-42(61)38(24-31(4)71-48)57(12)23-22-36-29-59(56-55-36)39(46(54)63)25-35-18-20-37(21-19-35)60(67)68/h18-21,30-34,36,38-45,48-49,55-56,61-62,65-66H,16-17,22-29H2,1-15H3,(H2,54,63)/t30-,31-,32-,33-,34+,36?,38+,39+,40-,41+,42-,43-,44-,45+,48+,49-,51-,52-,53-/m1/s1. The number of nitrogens with one attached hydrogen (secondary N) is 2. The highest BCUT2D eigenvalue weighted by Crippen LogP contribution is 2.47. The van der Waals surface area contributed by atoms with Crippen molar-refractivity contribution in [3.8, 4) is 0 Å². The number of aliphatic hydroxyl groups excluding tert-OH is 2. The van der Waals surface area contributed by atoms with Crippen LogP contribution < -0.4 is 16.7 Å². The Labute approximate surface area is 444 Å². The van der Waals surface area contributed by atoms with Crippen molar-refractivity contribution < 1.29 is 68.1 Å². The quantitative estimate of drug-likeness (QED) is 0.0671. The van der Waals surface area contributed by atoms with Crippen molar-refractivity contribution in [3.63, 3.8) is 0 Å². The van der Waals surface area contributed by atoms with Gasteiger partial charge in [-0.05, 0) is 112 Å². The molecule has 0 saturated carbocycles. The number of rotatable bonds is 17. The van der Waals surface area contributed by atoms with E-state index in [4.69, 9.17) is 38.9 Å².